The van der Waals surface area contributed by atoms with Gasteiger partial charge in [0.1, 0.15) is 18.3 Å². The second-order valence-corrected chi connectivity index (χ2v) is 5.04. The number of amides is 2. The second-order valence-electron chi connectivity index (χ2n) is 5.04. The predicted octanol–water partition coefficient (Wildman–Crippen LogP) is -1.03. The van der Waals surface area contributed by atoms with Gasteiger partial charge in [-0.1, -0.05) is 12.1 Å². The van der Waals surface area contributed by atoms with Crippen LogP contribution in [0.1, 0.15) is 11.5 Å². The smallest absolute Gasteiger partial charge is 0.323 e. The molecule has 1 aromatic carbocycles. The number of benzene rings is 1. The molecular weight excluding hydrogens is 308 g/mol. The van der Waals surface area contributed by atoms with Crippen molar-refractivity contribution in [1.29, 1.82) is 0 Å². The maximum Gasteiger partial charge on any atom is 0.323 e. The number of nitrogens with zero attached hydrogens (tertiary/aromatic N) is 1. The van der Waals surface area contributed by atoms with Crippen molar-refractivity contribution in [3.05, 3.63) is 29.8 Å². The predicted molar refractivity (Wildman–Crippen MR) is 74.6 cm³/mol. The molecule has 2 rings (SSSR count). The van der Waals surface area contributed by atoms with Crippen LogP contribution in [0.15, 0.2) is 24.3 Å². The molecule has 1 aliphatic heterocycles. The summed E-state index contributed by atoms with van der Waals surface area (Å²) in [6.45, 7) is -0.454. The number of carbonyl (C=O) groups is 4. The van der Waals surface area contributed by atoms with Crippen LogP contribution in [0.25, 0.3) is 0 Å². The molecule has 122 valence electrons. The van der Waals surface area contributed by atoms with Gasteiger partial charge >= 0.3 is 11.9 Å². The SMILES string of the molecule is O=C(O)CN1CC(NC(=O)C(C(=O)O)c2ccc(O)cc2)C1=O. The Kier molecular flexibility index (Phi) is 4.49. The highest BCUT2D eigenvalue weighted by Crippen LogP contribution is 2.20. The monoisotopic (exact) mass is 322 g/mol. The van der Waals surface area contributed by atoms with Crippen molar-refractivity contribution in [3.8, 4) is 5.75 Å². The van der Waals surface area contributed by atoms with E-state index in [4.69, 9.17) is 5.11 Å². The Morgan fingerprint density at radius 2 is 1.83 bits per heavy atom. The first-order valence-electron chi connectivity index (χ1n) is 6.62. The lowest BCUT2D eigenvalue weighted by Gasteiger charge is -2.37. The first kappa shape index (κ1) is 16.3. The molecule has 0 radical (unpaired) electrons. The van der Waals surface area contributed by atoms with E-state index in [0.29, 0.717) is 0 Å². The Morgan fingerprint density at radius 1 is 1.22 bits per heavy atom. The Morgan fingerprint density at radius 3 is 2.30 bits per heavy atom. The number of carboxylic acid groups (broad SMARTS) is 2. The van der Waals surface area contributed by atoms with Gasteiger partial charge in [0.25, 0.3) is 0 Å². The fourth-order valence-corrected chi connectivity index (χ4v) is 2.24. The Balaban J connectivity index is 2.03. The number of carboxylic acids is 2. The van der Waals surface area contributed by atoms with Gasteiger partial charge in [0.2, 0.25) is 11.8 Å². The van der Waals surface area contributed by atoms with E-state index >= 15 is 0 Å². The Labute approximate surface area is 130 Å². The van der Waals surface area contributed by atoms with E-state index in [0.717, 1.165) is 4.90 Å². The topological polar surface area (TPSA) is 144 Å². The van der Waals surface area contributed by atoms with Gasteiger partial charge in [-0.15, -0.1) is 0 Å². The molecule has 0 saturated carbocycles. The molecule has 1 saturated heterocycles. The zero-order valence-corrected chi connectivity index (χ0v) is 11.8. The fourth-order valence-electron chi connectivity index (χ4n) is 2.24. The van der Waals surface area contributed by atoms with Crippen LogP contribution < -0.4 is 5.32 Å². The average molecular weight is 322 g/mol. The summed E-state index contributed by atoms with van der Waals surface area (Å²) in [5, 5.41) is 29.3. The van der Waals surface area contributed by atoms with Crippen LogP contribution in [0.5, 0.6) is 5.75 Å². The first-order chi connectivity index (χ1) is 10.8. The molecule has 23 heavy (non-hydrogen) atoms. The lowest BCUT2D eigenvalue weighted by Crippen LogP contribution is -2.65. The summed E-state index contributed by atoms with van der Waals surface area (Å²) >= 11 is 0. The van der Waals surface area contributed by atoms with E-state index in [2.05, 4.69) is 5.32 Å². The van der Waals surface area contributed by atoms with Crippen LogP contribution in [0.3, 0.4) is 0 Å². The zero-order chi connectivity index (χ0) is 17.1. The third-order valence-electron chi connectivity index (χ3n) is 3.39. The van der Waals surface area contributed by atoms with Crippen LogP contribution in [0.2, 0.25) is 0 Å². The quantitative estimate of drug-likeness (QED) is 0.387. The van der Waals surface area contributed by atoms with Crippen LogP contribution in [-0.4, -0.2) is 63.1 Å². The Hall–Kier alpha value is -3.10. The van der Waals surface area contributed by atoms with Crippen molar-refractivity contribution in [2.45, 2.75) is 12.0 Å². The zero-order valence-electron chi connectivity index (χ0n) is 11.8. The van der Waals surface area contributed by atoms with Gasteiger partial charge in [-0.25, -0.2) is 0 Å². The summed E-state index contributed by atoms with van der Waals surface area (Å²) in [5.41, 5.74) is 0.155. The highest BCUT2D eigenvalue weighted by Gasteiger charge is 2.40. The minimum absolute atomic E-state index is 0.0127. The van der Waals surface area contributed by atoms with Crippen molar-refractivity contribution < 1.29 is 34.5 Å². The molecule has 0 spiro atoms. The molecule has 4 N–H and O–H groups in total. The summed E-state index contributed by atoms with van der Waals surface area (Å²) in [5.74, 6) is -5.63. The maximum absolute atomic E-state index is 12.1. The average Bonchev–Trinajstić information content (AvgIpc) is 2.47. The summed E-state index contributed by atoms with van der Waals surface area (Å²) in [7, 11) is 0. The minimum atomic E-state index is -1.53. The highest BCUT2D eigenvalue weighted by atomic mass is 16.4. The van der Waals surface area contributed by atoms with Crippen LogP contribution in [0, 0.1) is 0 Å². The van der Waals surface area contributed by atoms with Crippen molar-refractivity contribution in [3.63, 3.8) is 0 Å². The molecule has 1 aliphatic rings. The molecule has 0 aromatic heterocycles. The number of β-lactam (4-membered cyclic amide) rings is 1. The number of carbonyl (C=O) groups excluding carboxylic acids is 2. The fraction of sp³-hybridized carbons (Fsp3) is 0.286. The van der Waals surface area contributed by atoms with E-state index < -0.39 is 42.3 Å². The highest BCUT2D eigenvalue weighted by molar-refractivity contribution is 6.05. The number of rotatable bonds is 6. The van der Waals surface area contributed by atoms with Crippen molar-refractivity contribution >= 4 is 23.8 Å². The molecule has 0 bridgehead atoms. The van der Waals surface area contributed by atoms with E-state index in [9.17, 15) is 29.4 Å². The van der Waals surface area contributed by atoms with E-state index in [1.165, 1.54) is 24.3 Å². The lowest BCUT2D eigenvalue weighted by molar-refractivity contribution is -0.154. The number of phenols is 1. The third-order valence-corrected chi connectivity index (χ3v) is 3.39. The number of likely N-dealkylation sites (tertiary alicyclic amines) is 1. The summed E-state index contributed by atoms with van der Waals surface area (Å²) in [4.78, 5) is 46.6. The number of phenolic OH excluding ortho intramolecular Hbond substituents is 1. The van der Waals surface area contributed by atoms with Crippen molar-refractivity contribution in [1.82, 2.24) is 10.2 Å². The van der Waals surface area contributed by atoms with Crippen LogP contribution >= 0.6 is 0 Å². The number of nitrogens with one attached hydrogen (secondary N) is 1. The number of aliphatic carboxylic acids is 2. The van der Waals surface area contributed by atoms with Crippen molar-refractivity contribution in [2.75, 3.05) is 13.1 Å². The van der Waals surface area contributed by atoms with Gasteiger partial charge in [-0.3, -0.25) is 19.2 Å². The van der Waals surface area contributed by atoms with Gasteiger partial charge < -0.3 is 25.5 Å². The second kappa shape index (κ2) is 6.34. The van der Waals surface area contributed by atoms with Crippen LogP contribution in [-0.2, 0) is 19.2 Å². The van der Waals surface area contributed by atoms with E-state index in [1.54, 1.807) is 0 Å². The lowest BCUT2D eigenvalue weighted by atomic mass is 9.97. The van der Waals surface area contributed by atoms with Gasteiger partial charge in [-0.2, -0.15) is 0 Å². The number of hydrogen-bond acceptors (Lipinski definition) is 5. The Bertz CT molecular complexity index is 656. The van der Waals surface area contributed by atoms with Gasteiger partial charge in [0.05, 0.1) is 6.54 Å². The molecule has 1 fully saturated rings. The third kappa shape index (κ3) is 3.57. The molecule has 9 heteroatoms. The molecule has 9 nitrogen and oxygen atoms in total. The van der Waals surface area contributed by atoms with Gasteiger partial charge in [0.15, 0.2) is 5.92 Å². The number of hydrogen-bond donors (Lipinski definition) is 4. The maximum atomic E-state index is 12.1. The first-order valence-corrected chi connectivity index (χ1v) is 6.62. The molecule has 0 aliphatic carbocycles. The van der Waals surface area contributed by atoms with E-state index in [1.807, 2.05) is 0 Å². The standard InChI is InChI=1S/C14H14N2O7/c17-8-3-1-7(2-4-8)11(14(22)23)12(20)15-9-5-16(13(9)21)6-10(18)19/h1-4,9,11,17H,5-6H2,(H,15,20)(H,18,19)(H,22,23). The minimum Gasteiger partial charge on any atom is -0.508 e. The normalized spacial score (nSPS) is 18.0. The summed E-state index contributed by atoms with van der Waals surface area (Å²) in [6.07, 6.45) is 0. The number of aromatic hydroxyl groups is 1. The summed E-state index contributed by atoms with van der Waals surface area (Å²) < 4.78 is 0. The molecule has 2 amide bonds. The van der Waals surface area contributed by atoms with Crippen molar-refractivity contribution in [2.24, 2.45) is 0 Å². The van der Waals surface area contributed by atoms with Crippen LogP contribution in [0.4, 0.5) is 0 Å². The molecule has 1 heterocycles. The van der Waals surface area contributed by atoms with Gasteiger partial charge in [-0.05, 0) is 17.7 Å². The molecular formula is C14H14N2O7. The molecule has 2 unspecified atom stereocenters. The van der Waals surface area contributed by atoms with E-state index in [-0.39, 0.29) is 17.9 Å². The molecule has 2 atom stereocenters. The molecule has 1 aromatic rings. The van der Waals surface area contributed by atoms with Gasteiger partial charge in [0, 0.05) is 0 Å². The summed E-state index contributed by atoms with van der Waals surface area (Å²) in [6, 6.07) is 4.17. The largest absolute Gasteiger partial charge is 0.508 e.